The third-order valence-corrected chi connectivity index (χ3v) is 1.60. The summed E-state index contributed by atoms with van der Waals surface area (Å²) in [5.74, 6) is -0.438. The van der Waals surface area contributed by atoms with Crippen LogP contribution in [0.2, 0.25) is 0 Å². The second kappa shape index (κ2) is 3.81. The largest absolute Gasteiger partial charge is 0.298 e. The lowest BCUT2D eigenvalue weighted by atomic mass is 10.1. The molecule has 0 radical (unpaired) electrons. The van der Waals surface area contributed by atoms with Gasteiger partial charge in [0.1, 0.15) is 5.82 Å². The van der Waals surface area contributed by atoms with Gasteiger partial charge in [-0.25, -0.2) is 4.39 Å². The second-order valence-corrected chi connectivity index (χ2v) is 2.43. The Morgan fingerprint density at radius 3 is 2.83 bits per heavy atom. The average Bonchev–Trinajstić information content (AvgIpc) is 2.09. The van der Waals surface area contributed by atoms with Crippen molar-refractivity contribution in [1.82, 2.24) is 0 Å². The van der Waals surface area contributed by atoms with Gasteiger partial charge in [-0.15, -0.1) is 6.58 Å². The molecule has 0 aliphatic rings. The molecule has 0 heterocycles. The zero-order valence-electron chi connectivity index (χ0n) is 6.59. The van der Waals surface area contributed by atoms with E-state index in [1.165, 1.54) is 6.07 Å². The zero-order chi connectivity index (χ0) is 8.97. The second-order valence-electron chi connectivity index (χ2n) is 2.43. The summed E-state index contributed by atoms with van der Waals surface area (Å²) in [5.41, 5.74) is 0.615. The van der Waals surface area contributed by atoms with Gasteiger partial charge in [-0.1, -0.05) is 18.2 Å². The lowest BCUT2D eigenvalue weighted by Crippen LogP contribution is -1.93. The van der Waals surface area contributed by atoms with Crippen LogP contribution in [0.15, 0.2) is 30.9 Å². The van der Waals surface area contributed by atoms with E-state index in [0.717, 1.165) is 0 Å². The molecule has 1 aromatic rings. The molecule has 0 aromatic heterocycles. The van der Waals surface area contributed by atoms with Crippen molar-refractivity contribution in [2.75, 3.05) is 0 Å². The third kappa shape index (κ3) is 1.59. The highest BCUT2D eigenvalue weighted by atomic mass is 19.1. The van der Waals surface area contributed by atoms with Gasteiger partial charge >= 0.3 is 0 Å². The Balaban J connectivity index is 3.12. The molecule has 2 heteroatoms. The van der Waals surface area contributed by atoms with Crippen LogP contribution >= 0.6 is 0 Å². The predicted octanol–water partition coefficient (Wildman–Crippen LogP) is 2.37. The van der Waals surface area contributed by atoms with E-state index in [0.29, 0.717) is 18.3 Å². The van der Waals surface area contributed by atoms with Crippen molar-refractivity contribution in [3.63, 3.8) is 0 Å². The topological polar surface area (TPSA) is 17.1 Å². The van der Waals surface area contributed by atoms with E-state index in [1.54, 1.807) is 18.2 Å². The van der Waals surface area contributed by atoms with Crippen molar-refractivity contribution < 1.29 is 9.18 Å². The standard InChI is InChI=1S/C10H9FO/c1-2-4-8-5-3-6-9(7-12)10(8)11/h2-3,5-7H,1,4H2. The van der Waals surface area contributed by atoms with Crippen molar-refractivity contribution in [2.45, 2.75) is 6.42 Å². The minimum atomic E-state index is -0.438. The molecule has 0 fully saturated rings. The molecule has 0 unspecified atom stereocenters. The van der Waals surface area contributed by atoms with Crippen LogP contribution in [0.4, 0.5) is 4.39 Å². The first-order valence-corrected chi connectivity index (χ1v) is 3.63. The molecule has 1 rings (SSSR count). The summed E-state index contributed by atoms with van der Waals surface area (Å²) in [4.78, 5) is 10.3. The highest BCUT2D eigenvalue weighted by Gasteiger charge is 2.04. The maximum absolute atomic E-state index is 13.2. The number of aldehydes is 1. The number of allylic oxidation sites excluding steroid dienone is 1. The van der Waals surface area contributed by atoms with E-state index in [-0.39, 0.29) is 5.56 Å². The van der Waals surface area contributed by atoms with Crippen LogP contribution in [0.1, 0.15) is 15.9 Å². The molecular weight excluding hydrogens is 155 g/mol. The van der Waals surface area contributed by atoms with Crippen molar-refractivity contribution >= 4 is 6.29 Å². The molecule has 0 spiro atoms. The minimum Gasteiger partial charge on any atom is -0.298 e. The van der Waals surface area contributed by atoms with Crippen LogP contribution in [0.5, 0.6) is 0 Å². The maximum Gasteiger partial charge on any atom is 0.153 e. The number of rotatable bonds is 3. The van der Waals surface area contributed by atoms with Gasteiger partial charge in [0.2, 0.25) is 0 Å². The molecule has 0 bridgehead atoms. The average molecular weight is 164 g/mol. The molecule has 0 aliphatic heterocycles. The smallest absolute Gasteiger partial charge is 0.153 e. The molecule has 0 saturated heterocycles. The summed E-state index contributed by atoms with van der Waals surface area (Å²) < 4.78 is 13.2. The predicted molar refractivity (Wildman–Crippen MR) is 45.7 cm³/mol. The number of benzene rings is 1. The first-order chi connectivity index (χ1) is 5.79. The molecule has 0 amide bonds. The van der Waals surface area contributed by atoms with Gasteiger partial charge in [-0.2, -0.15) is 0 Å². The summed E-state index contributed by atoms with van der Waals surface area (Å²) in [6, 6.07) is 4.75. The number of halogens is 1. The van der Waals surface area contributed by atoms with Crippen LogP contribution in [0.3, 0.4) is 0 Å². The summed E-state index contributed by atoms with van der Waals surface area (Å²) in [7, 11) is 0. The van der Waals surface area contributed by atoms with Gasteiger partial charge in [0.15, 0.2) is 6.29 Å². The van der Waals surface area contributed by atoms with Crippen LogP contribution in [0.25, 0.3) is 0 Å². The van der Waals surface area contributed by atoms with Gasteiger partial charge < -0.3 is 0 Å². The summed E-state index contributed by atoms with van der Waals surface area (Å²) >= 11 is 0. The van der Waals surface area contributed by atoms with E-state index >= 15 is 0 Å². The van der Waals surface area contributed by atoms with E-state index in [2.05, 4.69) is 6.58 Å². The Morgan fingerprint density at radius 1 is 1.50 bits per heavy atom. The zero-order valence-corrected chi connectivity index (χ0v) is 6.59. The van der Waals surface area contributed by atoms with Crippen LogP contribution < -0.4 is 0 Å². The molecule has 0 atom stereocenters. The summed E-state index contributed by atoms with van der Waals surface area (Å²) in [6.07, 6.45) is 2.57. The van der Waals surface area contributed by atoms with E-state index < -0.39 is 5.82 Å². The fourth-order valence-electron chi connectivity index (χ4n) is 1.00. The molecule has 1 nitrogen and oxygen atoms in total. The molecule has 0 N–H and O–H groups in total. The molecular formula is C10H9FO. The number of carbonyl (C=O) groups is 1. The molecule has 62 valence electrons. The van der Waals surface area contributed by atoms with Gasteiger partial charge in [0.25, 0.3) is 0 Å². The number of hydrogen-bond donors (Lipinski definition) is 0. The van der Waals surface area contributed by atoms with Gasteiger partial charge in [-0.3, -0.25) is 4.79 Å². The molecule has 1 aromatic carbocycles. The van der Waals surface area contributed by atoms with Gasteiger partial charge in [0, 0.05) is 0 Å². The first-order valence-electron chi connectivity index (χ1n) is 3.63. The monoisotopic (exact) mass is 164 g/mol. The van der Waals surface area contributed by atoms with E-state index in [9.17, 15) is 9.18 Å². The SMILES string of the molecule is C=CCc1cccc(C=O)c1F. The lowest BCUT2D eigenvalue weighted by Gasteiger charge is -2.00. The Morgan fingerprint density at radius 2 is 2.25 bits per heavy atom. The molecule has 0 aliphatic carbocycles. The van der Waals surface area contributed by atoms with Gasteiger partial charge in [-0.05, 0) is 18.1 Å². The fraction of sp³-hybridized carbons (Fsp3) is 0.100. The Labute approximate surface area is 70.5 Å². The molecule has 0 saturated carbocycles. The Hall–Kier alpha value is -1.44. The summed E-state index contributed by atoms with van der Waals surface area (Å²) in [6.45, 7) is 3.50. The number of carbonyl (C=O) groups excluding carboxylic acids is 1. The van der Waals surface area contributed by atoms with Crippen molar-refractivity contribution in [1.29, 1.82) is 0 Å². The Bertz CT molecular complexity index is 305. The minimum absolute atomic E-state index is 0.106. The summed E-state index contributed by atoms with van der Waals surface area (Å²) in [5, 5.41) is 0. The van der Waals surface area contributed by atoms with Crippen LogP contribution in [-0.4, -0.2) is 6.29 Å². The first kappa shape index (κ1) is 8.65. The van der Waals surface area contributed by atoms with Crippen LogP contribution in [-0.2, 0) is 6.42 Å². The molecule has 12 heavy (non-hydrogen) atoms. The fourth-order valence-corrected chi connectivity index (χ4v) is 1.00. The van der Waals surface area contributed by atoms with Crippen molar-refractivity contribution in [3.8, 4) is 0 Å². The quantitative estimate of drug-likeness (QED) is 0.495. The Kier molecular flexibility index (Phi) is 2.75. The van der Waals surface area contributed by atoms with Crippen molar-refractivity contribution in [3.05, 3.63) is 47.8 Å². The lowest BCUT2D eigenvalue weighted by molar-refractivity contribution is 0.111. The number of hydrogen-bond acceptors (Lipinski definition) is 1. The highest BCUT2D eigenvalue weighted by Crippen LogP contribution is 2.11. The van der Waals surface area contributed by atoms with Gasteiger partial charge in [0.05, 0.1) is 5.56 Å². The normalized spacial score (nSPS) is 9.42. The van der Waals surface area contributed by atoms with E-state index in [4.69, 9.17) is 0 Å². The van der Waals surface area contributed by atoms with E-state index in [1.807, 2.05) is 0 Å². The highest BCUT2D eigenvalue weighted by molar-refractivity contribution is 5.75. The third-order valence-electron chi connectivity index (χ3n) is 1.60. The van der Waals surface area contributed by atoms with Crippen LogP contribution in [0, 0.1) is 5.82 Å². The maximum atomic E-state index is 13.2. The van der Waals surface area contributed by atoms with Crippen molar-refractivity contribution in [2.24, 2.45) is 0 Å².